The Morgan fingerprint density at radius 1 is 0.286 bits per heavy atom. The van der Waals surface area contributed by atoms with Crippen molar-refractivity contribution in [2.45, 2.75) is 0 Å². The van der Waals surface area contributed by atoms with Gasteiger partial charge in [0.2, 0.25) is 0 Å². The Bertz CT molecular complexity index is 2150. The van der Waals surface area contributed by atoms with E-state index < -0.39 is 0 Å². The molecule has 42 heavy (non-hydrogen) atoms. The average Bonchev–Trinajstić information content (AvgIpc) is 3.07. The van der Waals surface area contributed by atoms with Gasteiger partial charge in [-0.15, -0.1) is 0 Å². The van der Waals surface area contributed by atoms with Crippen molar-refractivity contribution in [1.29, 1.82) is 0 Å². The van der Waals surface area contributed by atoms with Gasteiger partial charge in [-0.2, -0.15) is 0 Å². The number of nitrogens with zero attached hydrogens (tertiary/aromatic N) is 3. The third kappa shape index (κ3) is 4.20. The first-order valence-electron chi connectivity index (χ1n) is 14.1. The van der Waals surface area contributed by atoms with Crippen LogP contribution in [-0.4, -0.2) is 15.0 Å². The fourth-order valence-corrected chi connectivity index (χ4v) is 5.88. The molecule has 1 heterocycles. The highest BCUT2D eigenvalue weighted by Gasteiger charge is 2.17. The van der Waals surface area contributed by atoms with Gasteiger partial charge in [0, 0.05) is 16.7 Å². The summed E-state index contributed by atoms with van der Waals surface area (Å²) in [6, 6.07) is 52.8. The summed E-state index contributed by atoms with van der Waals surface area (Å²) in [4.78, 5) is 15.4. The molecule has 0 unspecified atom stereocenters. The lowest BCUT2D eigenvalue weighted by molar-refractivity contribution is 1.08. The Labute approximate surface area is 243 Å². The molecule has 0 spiro atoms. The third-order valence-electron chi connectivity index (χ3n) is 7.90. The number of fused-ring (bicyclic) bond motifs is 3. The van der Waals surface area contributed by atoms with E-state index in [1.165, 1.54) is 5.39 Å². The smallest absolute Gasteiger partial charge is 0.164 e. The molecule has 8 aromatic rings. The summed E-state index contributed by atoms with van der Waals surface area (Å²) in [5.74, 6) is 1.97. The summed E-state index contributed by atoms with van der Waals surface area (Å²) < 4.78 is 0. The molecule has 0 fully saturated rings. The number of hydrogen-bond acceptors (Lipinski definition) is 3. The van der Waals surface area contributed by atoms with Crippen molar-refractivity contribution in [1.82, 2.24) is 15.0 Å². The highest BCUT2D eigenvalue weighted by molar-refractivity contribution is 6.01. The van der Waals surface area contributed by atoms with E-state index in [1.54, 1.807) is 0 Å². The minimum atomic E-state index is 0.652. The lowest BCUT2D eigenvalue weighted by Gasteiger charge is -2.13. The first-order chi connectivity index (χ1) is 20.8. The molecule has 8 rings (SSSR count). The summed E-state index contributed by atoms with van der Waals surface area (Å²) in [5, 5.41) is 6.88. The number of benzene rings is 7. The maximum atomic E-state index is 5.15. The van der Waals surface area contributed by atoms with Crippen LogP contribution in [-0.2, 0) is 0 Å². The van der Waals surface area contributed by atoms with Gasteiger partial charge in [-0.3, -0.25) is 0 Å². The molecule has 0 radical (unpaired) electrons. The Morgan fingerprint density at radius 3 is 1.33 bits per heavy atom. The molecule has 0 saturated carbocycles. The van der Waals surface area contributed by atoms with Gasteiger partial charge < -0.3 is 0 Å². The molecule has 0 aliphatic rings. The highest BCUT2D eigenvalue weighted by atomic mass is 15.0. The Balaban J connectivity index is 1.43. The largest absolute Gasteiger partial charge is 0.208 e. The van der Waals surface area contributed by atoms with Crippen LogP contribution in [0.25, 0.3) is 77.6 Å². The van der Waals surface area contributed by atoms with Crippen molar-refractivity contribution >= 4 is 32.3 Å². The predicted molar refractivity (Wildman–Crippen MR) is 174 cm³/mol. The van der Waals surface area contributed by atoms with Gasteiger partial charge in [-0.05, 0) is 55.6 Å². The zero-order valence-corrected chi connectivity index (χ0v) is 22.8. The van der Waals surface area contributed by atoms with Crippen LogP contribution in [0.2, 0.25) is 0 Å². The second kappa shape index (κ2) is 10.1. The standard InChI is InChI=1S/C39H25N3/c1-2-12-28(13-3-1)36-25-30(24-29-16-6-9-21-33(29)36)37-40-38(34-22-10-17-26-14-4-7-19-31(26)34)42-39(41-37)35-23-11-18-27-15-5-8-20-32(27)35/h1-25H. The molecule has 3 heteroatoms. The molecule has 0 amide bonds. The van der Waals surface area contributed by atoms with Crippen LogP contribution in [0.15, 0.2) is 152 Å². The van der Waals surface area contributed by atoms with E-state index in [0.29, 0.717) is 17.5 Å². The predicted octanol–water partition coefficient (Wildman–Crippen LogP) is 10.00. The molecular formula is C39H25N3. The number of rotatable bonds is 4. The fourth-order valence-electron chi connectivity index (χ4n) is 5.88. The van der Waals surface area contributed by atoms with Crippen molar-refractivity contribution in [3.05, 3.63) is 152 Å². The van der Waals surface area contributed by atoms with E-state index in [9.17, 15) is 0 Å². The van der Waals surface area contributed by atoms with E-state index in [-0.39, 0.29) is 0 Å². The van der Waals surface area contributed by atoms with Crippen LogP contribution in [0, 0.1) is 0 Å². The van der Waals surface area contributed by atoms with E-state index in [0.717, 1.165) is 54.7 Å². The van der Waals surface area contributed by atoms with Gasteiger partial charge in [-0.25, -0.2) is 15.0 Å². The Hall–Kier alpha value is -5.67. The first kappa shape index (κ1) is 24.2. The summed E-state index contributed by atoms with van der Waals surface area (Å²) in [6.45, 7) is 0. The first-order valence-corrected chi connectivity index (χ1v) is 14.1. The minimum Gasteiger partial charge on any atom is -0.208 e. The van der Waals surface area contributed by atoms with Gasteiger partial charge in [0.25, 0.3) is 0 Å². The molecule has 0 aliphatic heterocycles. The van der Waals surface area contributed by atoms with Crippen LogP contribution < -0.4 is 0 Å². The molecule has 3 nitrogen and oxygen atoms in total. The maximum Gasteiger partial charge on any atom is 0.164 e. The lowest BCUT2D eigenvalue weighted by atomic mass is 9.95. The van der Waals surface area contributed by atoms with Crippen LogP contribution in [0.3, 0.4) is 0 Å². The van der Waals surface area contributed by atoms with Gasteiger partial charge in [-0.1, -0.05) is 140 Å². The topological polar surface area (TPSA) is 38.7 Å². The quantitative estimate of drug-likeness (QED) is 0.225. The van der Waals surface area contributed by atoms with Crippen molar-refractivity contribution in [3.8, 4) is 45.3 Å². The van der Waals surface area contributed by atoms with Crippen molar-refractivity contribution in [3.63, 3.8) is 0 Å². The van der Waals surface area contributed by atoms with E-state index in [2.05, 4.69) is 152 Å². The number of hydrogen-bond donors (Lipinski definition) is 0. The van der Waals surface area contributed by atoms with Gasteiger partial charge in [0.1, 0.15) is 0 Å². The summed E-state index contributed by atoms with van der Waals surface area (Å²) >= 11 is 0. The van der Waals surface area contributed by atoms with E-state index in [4.69, 9.17) is 15.0 Å². The van der Waals surface area contributed by atoms with Crippen LogP contribution in [0.1, 0.15) is 0 Å². The molecule has 0 saturated heterocycles. The van der Waals surface area contributed by atoms with E-state index in [1.807, 2.05) is 0 Å². The third-order valence-corrected chi connectivity index (χ3v) is 7.90. The Kier molecular flexibility index (Phi) is 5.79. The Morgan fingerprint density at radius 2 is 0.738 bits per heavy atom. The zero-order valence-electron chi connectivity index (χ0n) is 22.8. The fraction of sp³-hybridized carbons (Fsp3) is 0. The molecule has 0 N–H and O–H groups in total. The molecule has 1 aromatic heterocycles. The summed E-state index contributed by atoms with van der Waals surface area (Å²) in [7, 11) is 0. The van der Waals surface area contributed by atoms with Crippen molar-refractivity contribution in [2.75, 3.05) is 0 Å². The normalized spacial score (nSPS) is 11.3. The molecule has 7 aromatic carbocycles. The molecule has 0 aliphatic carbocycles. The minimum absolute atomic E-state index is 0.652. The SMILES string of the molecule is c1ccc(-c2cc(-c3nc(-c4cccc5ccccc45)nc(-c4cccc5ccccc45)n3)cc3ccccc23)cc1. The molecule has 196 valence electrons. The van der Waals surface area contributed by atoms with Crippen LogP contribution >= 0.6 is 0 Å². The summed E-state index contributed by atoms with van der Waals surface area (Å²) in [5.41, 5.74) is 5.25. The van der Waals surface area contributed by atoms with Gasteiger partial charge in [0.05, 0.1) is 0 Å². The molecular weight excluding hydrogens is 510 g/mol. The van der Waals surface area contributed by atoms with Gasteiger partial charge >= 0.3 is 0 Å². The van der Waals surface area contributed by atoms with E-state index >= 15 is 0 Å². The molecule has 0 atom stereocenters. The zero-order chi connectivity index (χ0) is 27.9. The highest BCUT2D eigenvalue weighted by Crippen LogP contribution is 2.36. The number of aromatic nitrogens is 3. The second-order valence-corrected chi connectivity index (χ2v) is 10.5. The van der Waals surface area contributed by atoms with Crippen LogP contribution in [0.4, 0.5) is 0 Å². The second-order valence-electron chi connectivity index (χ2n) is 10.5. The van der Waals surface area contributed by atoms with Crippen LogP contribution in [0.5, 0.6) is 0 Å². The van der Waals surface area contributed by atoms with Crippen molar-refractivity contribution < 1.29 is 0 Å². The summed E-state index contributed by atoms with van der Waals surface area (Å²) in [6.07, 6.45) is 0. The molecule has 0 bridgehead atoms. The van der Waals surface area contributed by atoms with Crippen molar-refractivity contribution in [2.24, 2.45) is 0 Å². The maximum absolute atomic E-state index is 5.15. The lowest BCUT2D eigenvalue weighted by Crippen LogP contribution is -2.01. The average molecular weight is 536 g/mol. The van der Waals surface area contributed by atoms with Gasteiger partial charge in [0.15, 0.2) is 17.5 Å². The monoisotopic (exact) mass is 535 g/mol.